The standard InChI is InChI=1S/C13H10N2O4/c16-11-6-9(3-4-10(11)13(18)19)15-12(17)8-2-1-5-14-7-8/h1-7,16H,(H,15,17)(H,18,19). The van der Waals surface area contributed by atoms with Gasteiger partial charge in [-0.15, -0.1) is 0 Å². The summed E-state index contributed by atoms with van der Waals surface area (Å²) >= 11 is 0. The maximum Gasteiger partial charge on any atom is 0.339 e. The van der Waals surface area contributed by atoms with E-state index in [0.29, 0.717) is 11.3 Å². The fourth-order valence-corrected chi connectivity index (χ4v) is 1.49. The fraction of sp³-hybridized carbons (Fsp3) is 0. The Kier molecular flexibility index (Phi) is 3.42. The largest absolute Gasteiger partial charge is 0.507 e. The van der Waals surface area contributed by atoms with Crippen LogP contribution in [0, 0.1) is 0 Å². The lowest BCUT2D eigenvalue weighted by Gasteiger charge is -2.06. The molecule has 0 aliphatic carbocycles. The number of phenols is 1. The van der Waals surface area contributed by atoms with Gasteiger partial charge in [-0.1, -0.05) is 0 Å². The van der Waals surface area contributed by atoms with Gasteiger partial charge >= 0.3 is 5.97 Å². The maximum absolute atomic E-state index is 11.8. The third-order valence-corrected chi connectivity index (χ3v) is 2.41. The summed E-state index contributed by atoms with van der Waals surface area (Å²) in [6.45, 7) is 0. The van der Waals surface area contributed by atoms with E-state index in [1.54, 1.807) is 18.3 Å². The monoisotopic (exact) mass is 258 g/mol. The molecule has 0 aliphatic heterocycles. The molecular formula is C13H10N2O4. The number of carboxylic acids is 1. The average molecular weight is 258 g/mol. The van der Waals surface area contributed by atoms with Gasteiger partial charge in [-0.3, -0.25) is 9.78 Å². The zero-order chi connectivity index (χ0) is 13.8. The van der Waals surface area contributed by atoms with E-state index in [1.807, 2.05) is 0 Å². The van der Waals surface area contributed by atoms with Crippen molar-refractivity contribution < 1.29 is 19.8 Å². The van der Waals surface area contributed by atoms with Crippen molar-refractivity contribution in [1.29, 1.82) is 0 Å². The van der Waals surface area contributed by atoms with Crippen molar-refractivity contribution in [3.05, 3.63) is 53.9 Å². The quantitative estimate of drug-likeness (QED) is 0.778. The van der Waals surface area contributed by atoms with Gasteiger partial charge in [0, 0.05) is 24.1 Å². The Labute approximate surface area is 108 Å². The van der Waals surface area contributed by atoms with Crippen LogP contribution >= 0.6 is 0 Å². The number of aromatic carboxylic acids is 1. The van der Waals surface area contributed by atoms with Gasteiger partial charge in [0.05, 0.1) is 5.56 Å². The molecule has 0 radical (unpaired) electrons. The predicted octanol–water partition coefficient (Wildman–Crippen LogP) is 1.74. The van der Waals surface area contributed by atoms with Gasteiger partial charge in [0.1, 0.15) is 11.3 Å². The molecule has 19 heavy (non-hydrogen) atoms. The Morgan fingerprint density at radius 3 is 2.58 bits per heavy atom. The summed E-state index contributed by atoms with van der Waals surface area (Å²) < 4.78 is 0. The Hall–Kier alpha value is -2.89. The van der Waals surface area contributed by atoms with Crippen molar-refractivity contribution in [3.8, 4) is 5.75 Å². The molecule has 2 rings (SSSR count). The second-order valence-electron chi connectivity index (χ2n) is 3.73. The summed E-state index contributed by atoms with van der Waals surface area (Å²) in [6, 6.07) is 7.01. The number of hydrogen-bond donors (Lipinski definition) is 3. The molecule has 0 bridgehead atoms. The van der Waals surface area contributed by atoms with Crippen LogP contribution in [0.4, 0.5) is 5.69 Å². The minimum Gasteiger partial charge on any atom is -0.507 e. The number of benzene rings is 1. The van der Waals surface area contributed by atoms with Crippen LogP contribution in [-0.4, -0.2) is 27.1 Å². The Bertz CT molecular complexity index is 626. The fourth-order valence-electron chi connectivity index (χ4n) is 1.49. The van der Waals surface area contributed by atoms with Gasteiger partial charge in [-0.25, -0.2) is 4.79 Å². The number of aromatic hydroxyl groups is 1. The summed E-state index contributed by atoms with van der Waals surface area (Å²) in [6.07, 6.45) is 2.95. The van der Waals surface area contributed by atoms with E-state index in [2.05, 4.69) is 10.3 Å². The second kappa shape index (κ2) is 5.18. The van der Waals surface area contributed by atoms with Crippen molar-refractivity contribution in [3.63, 3.8) is 0 Å². The third kappa shape index (κ3) is 2.86. The molecule has 6 heteroatoms. The number of pyridine rings is 1. The van der Waals surface area contributed by atoms with Crippen molar-refractivity contribution in [1.82, 2.24) is 4.98 Å². The number of carbonyl (C=O) groups excluding carboxylic acids is 1. The molecule has 1 aromatic carbocycles. The van der Waals surface area contributed by atoms with Gasteiger partial charge in [0.15, 0.2) is 0 Å². The highest BCUT2D eigenvalue weighted by Gasteiger charge is 2.11. The van der Waals surface area contributed by atoms with Crippen LogP contribution in [0.25, 0.3) is 0 Å². The molecule has 0 atom stereocenters. The molecule has 3 N–H and O–H groups in total. The number of anilines is 1. The molecule has 1 heterocycles. The lowest BCUT2D eigenvalue weighted by atomic mass is 10.1. The molecule has 0 saturated heterocycles. The van der Waals surface area contributed by atoms with E-state index < -0.39 is 17.6 Å². The van der Waals surface area contributed by atoms with Crippen molar-refractivity contribution in [2.45, 2.75) is 0 Å². The number of nitrogens with zero attached hydrogens (tertiary/aromatic N) is 1. The Balaban J connectivity index is 2.19. The number of rotatable bonds is 3. The molecule has 0 fully saturated rings. The van der Waals surface area contributed by atoms with Gasteiger partial charge in [0.2, 0.25) is 0 Å². The van der Waals surface area contributed by atoms with Crippen molar-refractivity contribution in [2.75, 3.05) is 5.32 Å². The molecule has 2 aromatic rings. The topological polar surface area (TPSA) is 99.5 Å². The van der Waals surface area contributed by atoms with Crippen LogP contribution in [0.5, 0.6) is 5.75 Å². The minimum absolute atomic E-state index is 0.223. The highest BCUT2D eigenvalue weighted by molar-refractivity contribution is 6.04. The van der Waals surface area contributed by atoms with Gasteiger partial charge in [0.25, 0.3) is 5.91 Å². The highest BCUT2D eigenvalue weighted by atomic mass is 16.4. The summed E-state index contributed by atoms with van der Waals surface area (Å²) in [4.78, 5) is 26.3. The first-order valence-electron chi connectivity index (χ1n) is 5.35. The van der Waals surface area contributed by atoms with E-state index in [0.717, 1.165) is 0 Å². The summed E-state index contributed by atoms with van der Waals surface area (Å²) in [5, 5.41) is 20.8. The minimum atomic E-state index is -1.23. The molecule has 6 nitrogen and oxygen atoms in total. The maximum atomic E-state index is 11.8. The van der Waals surface area contributed by atoms with Crippen LogP contribution in [0.1, 0.15) is 20.7 Å². The summed E-state index contributed by atoms with van der Waals surface area (Å²) in [5.41, 5.74) is 0.444. The number of nitrogens with one attached hydrogen (secondary N) is 1. The van der Waals surface area contributed by atoms with Crippen molar-refractivity contribution in [2.24, 2.45) is 0 Å². The van der Waals surface area contributed by atoms with Crippen LogP contribution in [0.2, 0.25) is 0 Å². The number of amides is 1. The van der Waals surface area contributed by atoms with Gasteiger partial charge in [-0.2, -0.15) is 0 Å². The molecule has 0 saturated carbocycles. The smallest absolute Gasteiger partial charge is 0.339 e. The first-order valence-corrected chi connectivity index (χ1v) is 5.35. The lowest BCUT2D eigenvalue weighted by Crippen LogP contribution is -2.12. The molecular weight excluding hydrogens is 248 g/mol. The average Bonchev–Trinajstić information content (AvgIpc) is 2.39. The normalized spacial score (nSPS) is 9.89. The molecule has 96 valence electrons. The second-order valence-corrected chi connectivity index (χ2v) is 3.73. The van der Waals surface area contributed by atoms with Gasteiger partial charge < -0.3 is 15.5 Å². The zero-order valence-corrected chi connectivity index (χ0v) is 9.70. The van der Waals surface area contributed by atoms with Crippen LogP contribution < -0.4 is 5.32 Å². The molecule has 1 aromatic heterocycles. The van der Waals surface area contributed by atoms with Crippen LogP contribution in [0.3, 0.4) is 0 Å². The zero-order valence-electron chi connectivity index (χ0n) is 9.70. The summed E-state index contributed by atoms with van der Waals surface area (Å²) in [7, 11) is 0. The SMILES string of the molecule is O=C(Nc1ccc(C(=O)O)c(O)c1)c1cccnc1. The van der Waals surface area contributed by atoms with E-state index in [4.69, 9.17) is 5.11 Å². The summed E-state index contributed by atoms with van der Waals surface area (Å²) in [5.74, 6) is -2.03. The number of carbonyl (C=O) groups is 2. The van der Waals surface area contributed by atoms with E-state index >= 15 is 0 Å². The van der Waals surface area contributed by atoms with Gasteiger partial charge in [-0.05, 0) is 24.3 Å². The Morgan fingerprint density at radius 1 is 1.21 bits per heavy atom. The van der Waals surface area contributed by atoms with Crippen molar-refractivity contribution >= 4 is 17.6 Å². The predicted molar refractivity (Wildman–Crippen MR) is 67.3 cm³/mol. The molecule has 0 spiro atoms. The molecule has 0 unspecified atom stereocenters. The lowest BCUT2D eigenvalue weighted by molar-refractivity contribution is 0.0693. The van der Waals surface area contributed by atoms with E-state index in [-0.39, 0.29) is 5.56 Å². The molecule has 1 amide bonds. The molecule has 0 aliphatic rings. The number of carboxylic acid groups (broad SMARTS) is 1. The Morgan fingerprint density at radius 2 is 2.00 bits per heavy atom. The van der Waals surface area contributed by atoms with Crippen LogP contribution in [0.15, 0.2) is 42.7 Å². The number of aromatic nitrogens is 1. The third-order valence-electron chi connectivity index (χ3n) is 2.41. The van der Waals surface area contributed by atoms with E-state index in [1.165, 1.54) is 24.4 Å². The number of hydrogen-bond acceptors (Lipinski definition) is 4. The van der Waals surface area contributed by atoms with E-state index in [9.17, 15) is 14.7 Å². The first kappa shape index (κ1) is 12.6. The first-order chi connectivity index (χ1) is 9.08. The van der Waals surface area contributed by atoms with Crippen LogP contribution in [-0.2, 0) is 0 Å². The highest BCUT2D eigenvalue weighted by Crippen LogP contribution is 2.22.